The minimum absolute atomic E-state index is 0.0144. The molecule has 0 saturated carbocycles. The quantitative estimate of drug-likeness (QED) is 0.252. The first-order valence-electron chi connectivity index (χ1n) is 12.4. The summed E-state index contributed by atoms with van der Waals surface area (Å²) in [7, 11) is -4.02. The predicted molar refractivity (Wildman–Crippen MR) is 144 cm³/mol. The van der Waals surface area contributed by atoms with Gasteiger partial charge in [0.2, 0.25) is 15.9 Å². The van der Waals surface area contributed by atoms with Gasteiger partial charge in [0, 0.05) is 41.6 Å². The molecule has 5 rings (SSSR count). The predicted octanol–water partition coefficient (Wildman–Crippen LogP) is 2.34. The number of primary amides is 1. The lowest BCUT2D eigenvalue weighted by Crippen LogP contribution is -2.45. The van der Waals surface area contributed by atoms with E-state index in [0.717, 1.165) is 0 Å². The molecule has 4 aromatic rings. The maximum absolute atomic E-state index is 13.6. The number of carboxylic acids is 1. The highest BCUT2D eigenvalue weighted by atomic mass is 32.2. The molecule has 0 unspecified atom stereocenters. The van der Waals surface area contributed by atoms with Crippen molar-refractivity contribution in [2.75, 3.05) is 11.9 Å². The first-order chi connectivity index (χ1) is 19.2. The summed E-state index contributed by atoms with van der Waals surface area (Å²) >= 11 is 0. The van der Waals surface area contributed by atoms with Gasteiger partial charge in [-0.05, 0) is 44.2 Å². The number of aromatic nitrogens is 4. The van der Waals surface area contributed by atoms with Gasteiger partial charge < -0.3 is 25.2 Å². The molecule has 5 N–H and O–H groups in total. The van der Waals surface area contributed by atoms with E-state index in [1.54, 1.807) is 6.92 Å². The number of rotatable bonds is 7. The number of nitrogens with zero attached hydrogens (tertiary/aromatic N) is 4. The number of sulfonamides is 1. The Kier molecular flexibility index (Phi) is 6.58. The number of aromatic amines is 1. The van der Waals surface area contributed by atoms with Gasteiger partial charge in [-0.1, -0.05) is 19.0 Å². The van der Waals surface area contributed by atoms with Crippen molar-refractivity contribution in [2.24, 2.45) is 5.73 Å². The fourth-order valence-corrected chi connectivity index (χ4v) is 6.98. The SMILES string of the molecule is Cc1noc(C)c1S(=O)(=O)N1Cc2c(NC(=O)c3cc(-n4cccc4C(=O)O)ccc3C(N)=O)n[nH]c2C(C)(C)C1. The molecule has 14 nitrogen and oxygen atoms in total. The summed E-state index contributed by atoms with van der Waals surface area (Å²) in [5, 5.41) is 23.1. The number of fused-ring (bicyclic) bond motifs is 1. The summed E-state index contributed by atoms with van der Waals surface area (Å²) in [5.74, 6) is -2.55. The van der Waals surface area contributed by atoms with Gasteiger partial charge in [0.15, 0.2) is 11.6 Å². The van der Waals surface area contributed by atoms with Crippen LogP contribution in [0.3, 0.4) is 0 Å². The highest BCUT2D eigenvalue weighted by molar-refractivity contribution is 7.89. The average Bonchev–Trinajstić information content (AvgIpc) is 3.62. The number of nitrogens with two attached hydrogens (primary N) is 1. The molecule has 4 heterocycles. The second-order valence-electron chi connectivity index (χ2n) is 10.4. The lowest BCUT2D eigenvalue weighted by Gasteiger charge is -2.36. The third-order valence-corrected chi connectivity index (χ3v) is 9.04. The van der Waals surface area contributed by atoms with E-state index >= 15 is 0 Å². The van der Waals surface area contributed by atoms with Crippen molar-refractivity contribution in [1.29, 1.82) is 0 Å². The molecular formula is C26H27N7O7S. The van der Waals surface area contributed by atoms with E-state index in [1.807, 2.05) is 13.8 Å². The Balaban J connectivity index is 1.52. The van der Waals surface area contributed by atoms with Gasteiger partial charge >= 0.3 is 5.97 Å². The smallest absolute Gasteiger partial charge is 0.352 e. The van der Waals surface area contributed by atoms with Crippen molar-refractivity contribution in [2.45, 2.75) is 44.6 Å². The lowest BCUT2D eigenvalue weighted by molar-refractivity contribution is 0.0687. The van der Waals surface area contributed by atoms with E-state index < -0.39 is 33.2 Å². The number of carbonyl (C=O) groups excluding carboxylic acids is 2. The molecule has 0 atom stereocenters. The maximum atomic E-state index is 13.6. The van der Waals surface area contributed by atoms with E-state index in [9.17, 15) is 27.9 Å². The molecule has 3 aromatic heterocycles. The third kappa shape index (κ3) is 4.68. The number of hydrogen-bond acceptors (Lipinski definition) is 8. The zero-order chi connectivity index (χ0) is 29.9. The summed E-state index contributed by atoms with van der Waals surface area (Å²) in [6.45, 7) is 6.77. The molecule has 41 heavy (non-hydrogen) atoms. The van der Waals surface area contributed by atoms with Crippen LogP contribution in [0.1, 0.15) is 67.8 Å². The Morgan fingerprint density at radius 2 is 1.90 bits per heavy atom. The van der Waals surface area contributed by atoms with Crippen LogP contribution >= 0.6 is 0 Å². The summed E-state index contributed by atoms with van der Waals surface area (Å²) in [6.07, 6.45) is 1.50. The molecule has 1 aromatic carbocycles. The fraction of sp³-hybridized carbons (Fsp3) is 0.269. The van der Waals surface area contributed by atoms with Crippen LogP contribution in [0, 0.1) is 13.8 Å². The molecular weight excluding hydrogens is 554 g/mol. The van der Waals surface area contributed by atoms with Crippen molar-refractivity contribution in [3.63, 3.8) is 0 Å². The minimum Gasteiger partial charge on any atom is -0.477 e. The normalized spacial score (nSPS) is 14.9. The summed E-state index contributed by atoms with van der Waals surface area (Å²) in [6, 6.07) is 7.08. The maximum Gasteiger partial charge on any atom is 0.352 e. The number of carboxylic acid groups (broad SMARTS) is 1. The highest BCUT2D eigenvalue weighted by Gasteiger charge is 2.42. The van der Waals surface area contributed by atoms with Gasteiger partial charge in [-0.2, -0.15) is 9.40 Å². The van der Waals surface area contributed by atoms with Crippen LogP contribution in [-0.2, 0) is 22.0 Å². The molecule has 0 aliphatic carbocycles. The lowest BCUT2D eigenvalue weighted by atomic mass is 9.84. The zero-order valence-electron chi connectivity index (χ0n) is 22.5. The number of anilines is 1. The molecule has 214 valence electrons. The van der Waals surface area contributed by atoms with Crippen LogP contribution in [0.15, 0.2) is 45.9 Å². The molecule has 0 fully saturated rings. The van der Waals surface area contributed by atoms with E-state index in [0.29, 0.717) is 16.9 Å². The molecule has 0 saturated heterocycles. The fourth-order valence-electron chi connectivity index (χ4n) is 5.12. The first kappa shape index (κ1) is 27.8. The molecule has 0 spiro atoms. The Labute approximate surface area is 234 Å². The zero-order valence-corrected chi connectivity index (χ0v) is 23.4. The van der Waals surface area contributed by atoms with E-state index in [1.165, 1.54) is 52.3 Å². The summed E-state index contributed by atoms with van der Waals surface area (Å²) in [4.78, 5) is 37.3. The second kappa shape index (κ2) is 9.71. The van der Waals surface area contributed by atoms with Gasteiger partial charge in [-0.15, -0.1) is 0 Å². The average molecular weight is 582 g/mol. The standard InChI is InChI=1S/C26H27N7O7S/c1-13-20(14(2)40-31-13)41(38,39)32-11-18-21(26(3,4)12-32)29-30-23(18)28-24(35)17-10-15(7-8-16(17)22(27)34)33-9-5-6-19(33)25(36)37/h5-10H,11-12H2,1-4H3,(H2,27,34)(H,36,37)(H2,28,29,30,35). The van der Waals surface area contributed by atoms with E-state index in [-0.39, 0.29) is 52.1 Å². The number of aryl methyl sites for hydroxylation is 2. The molecule has 0 radical (unpaired) electrons. The van der Waals surface area contributed by atoms with Crippen LogP contribution in [0.2, 0.25) is 0 Å². The first-order valence-corrected chi connectivity index (χ1v) is 13.8. The number of aromatic carboxylic acids is 1. The molecule has 1 aliphatic heterocycles. The highest BCUT2D eigenvalue weighted by Crippen LogP contribution is 2.38. The van der Waals surface area contributed by atoms with Gasteiger partial charge in [0.1, 0.15) is 16.3 Å². The second-order valence-corrected chi connectivity index (χ2v) is 12.2. The van der Waals surface area contributed by atoms with E-state index in [4.69, 9.17) is 10.3 Å². The van der Waals surface area contributed by atoms with Crippen LogP contribution in [-0.4, -0.2) is 62.1 Å². The van der Waals surface area contributed by atoms with Crippen molar-refractivity contribution < 1.29 is 32.4 Å². The van der Waals surface area contributed by atoms with Crippen molar-refractivity contribution in [3.05, 3.63) is 76.1 Å². The number of nitrogens with one attached hydrogen (secondary N) is 2. The van der Waals surface area contributed by atoms with Crippen molar-refractivity contribution in [1.82, 2.24) is 24.2 Å². The molecule has 1 aliphatic rings. The van der Waals surface area contributed by atoms with Crippen molar-refractivity contribution >= 4 is 33.6 Å². The van der Waals surface area contributed by atoms with Gasteiger partial charge in [0.25, 0.3) is 5.91 Å². The Morgan fingerprint density at radius 3 is 2.54 bits per heavy atom. The number of carbonyl (C=O) groups is 3. The Morgan fingerprint density at radius 1 is 1.17 bits per heavy atom. The number of hydrogen-bond donors (Lipinski definition) is 4. The van der Waals surface area contributed by atoms with Crippen LogP contribution in [0.5, 0.6) is 0 Å². The number of amides is 2. The van der Waals surface area contributed by atoms with Gasteiger partial charge in [0.05, 0.1) is 11.1 Å². The monoisotopic (exact) mass is 581 g/mol. The number of benzene rings is 1. The topological polar surface area (TPSA) is 207 Å². The molecule has 15 heteroatoms. The third-order valence-electron chi connectivity index (χ3n) is 7.01. The van der Waals surface area contributed by atoms with Gasteiger partial charge in [-0.25, -0.2) is 13.2 Å². The van der Waals surface area contributed by atoms with E-state index in [2.05, 4.69) is 20.7 Å². The van der Waals surface area contributed by atoms with Crippen molar-refractivity contribution in [3.8, 4) is 5.69 Å². The Bertz CT molecular complexity index is 1810. The Hall–Kier alpha value is -4.76. The van der Waals surface area contributed by atoms with Crippen LogP contribution in [0.4, 0.5) is 5.82 Å². The molecule has 0 bridgehead atoms. The summed E-state index contributed by atoms with van der Waals surface area (Å²) in [5.41, 5.74) is 6.18. The van der Waals surface area contributed by atoms with Crippen LogP contribution in [0.25, 0.3) is 5.69 Å². The minimum atomic E-state index is -4.02. The van der Waals surface area contributed by atoms with Gasteiger partial charge in [-0.3, -0.25) is 14.7 Å². The largest absolute Gasteiger partial charge is 0.477 e. The number of H-pyrrole nitrogens is 1. The van der Waals surface area contributed by atoms with Crippen LogP contribution < -0.4 is 11.1 Å². The molecule has 2 amide bonds. The summed E-state index contributed by atoms with van der Waals surface area (Å²) < 4.78 is 35.0.